The summed E-state index contributed by atoms with van der Waals surface area (Å²) >= 11 is 0. The van der Waals surface area contributed by atoms with E-state index in [1.165, 1.54) is 0 Å². The summed E-state index contributed by atoms with van der Waals surface area (Å²) in [5, 5.41) is 12.4. The van der Waals surface area contributed by atoms with Crippen LogP contribution in [0.5, 0.6) is 0 Å². The summed E-state index contributed by atoms with van der Waals surface area (Å²) in [5.41, 5.74) is 0. The van der Waals surface area contributed by atoms with Gasteiger partial charge in [0.2, 0.25) is 0 Å². The Labute approximate surface area is 154 Å². The number of anilines is 2. The maximum absolute atomic E-state index is 11.7. The minimum atomic E-state index is -0.355. The normalized spacial score (nSPS) is 23.6. The molecule has 3 rings (SSSR count). The highest BCUT2D eigenvalue weighted by molar-refractivity contribution is 5.67. The molecule has 0 bridgehead atoms. The van der Waals surface area contributed by atoms with E-state index in [9.17, 15) is 9.90 Å². The second-order valence-electron chi connectivity index (χ2n) is 7.02. The average molecular weight is 363 g/mol. The van der Waals surface area contributed by atoms with Gasteiger partial charge in [-0.1, -0.05) is 0 Å². The minimum Gasteiger partial charge on any atom is -0.450 e. The summed E-state index contributed by atoms with van der Waals surface area (Å²) in [6.45, 7) is 5.83. The first kappa shape index (κ1) is 18.7. The SMILES string of the molecule is CCOC(=O)N[C@@H]1CCCN(c2cc(N3CCC[C@H](CO)C3)ncn2)C1. The molecule has 3 heterocycles. The largest absolute Gasteiger partial charge is 0.450 e. The lowest BCUT2D eigenvalue weighted by molar-refractivity contribution is 0.146. The van der Waals surface area contributed by atoms with Crippen LogP contribution in [0.1, 0.15) is 32.6 Å². The molecule has 2 aliphatic rings. The van der Waals surface area contributed by atoms with Crippen LogP contribution in [0.25, 0.3) is 0 Å². The van der Waals surface area contributed by atoms with Gasteiger partial charge in [-0.15, -0.1) is 0 Å². The molecule has 0 radical (unpaired) electrons. The lowest BCUT2D eigenvalue weighted by atomic mass is 9.99. The van der Waals surface area contributed by atoms with E-state index in [0.717, 1.165) is 57.0 Å². The summed E-state index contributed by atoms with van der Waals surface area (Å²) < 4.78 is 4.98. The summed E-state index contributed by atoms with van der Waals surface area (Å²) in [6.07, 6.45) is 5.32. The molecule has 2 aliphatic heterocycles. The number of aliphatic hydroxyl groups excluding tert-OH is 1. The Hall–Kier alpha value is -2.09. The smallest absolute Gasteiger partial charge is 0.407 e. The zero-order chi connectivity index (χ0) is 18.4. The number of alkyl carbamates (subject to hydrolysis) is 1. The molecule has 26 heavy (non-hydrogen) atoms. The monoisotopic (exact) mass is 363 g/mol. The Balaban J connectivity index is 1.64. The Morgan fingerprint density at radius 1 is 1.23 bits per heavy atom. The van der Waals surface area contributed by atoms with Gasteiger partial charge in [0.15, 0.2) is 0 Å². The second-order valence-corrected chi connectivity index (χ2v) is 7.02. The number of nitrogens with zero attached hydrogens (tertiary/aromatic N) is 4. The Bertz CT molecular complexity index is 600. The number of aromatic nitrogens is 2. The number of hydrogen-bond acceptors (Lipinski definition) is 7. The lowest BCUT2D eigenvalue weighted by Gasteiger charge is -2.35. The number of nitrogens with one attached hydrogen (secondary N) is 1. The molecule has 2 fully saturated rings. The van der Waals surface area contributed by atoms with Gasteiger partial charge in [0, 0.05) is 44.9 Å². The highest BCUT2D eigenvalue weighted by Crippen LogP contribution is 2.25. The van der Waals surface area contributed by atoms with Crippen molar-refractivity contribution < 1.29 is 14.6 Å². The van der Waals surface area contributed by atoms with Gasteiger partial charge in [-0.25, -0.2) is 14.8 Å². The molecule has 1 aromatic heterocycles. The standard InChI is InChI=1S/C18H29N5O3/c1-2-26-18(25)21-15-6-4-8-23(11-15)17-9-16(19-13-20-17)22-7-3-5-14(10-22)12-24/h9,13-15,24H,2-8,10-12H2,1H3,(H,21,25)/t14-,15+/m0/s1. The Kier molecular flexibility index (Phi) is 6.49. The van der Waals surface area contributed by atoms with E-state index < -0.39 is 0 Å². The molecule has 0 aromatic carbocycles. The molecule has 0 aliphatic carbocycles. The molecule has 0 unspecified atom stereocenters. The van der Waals surface area contributed by atoms with Crippen molar-refractivity contribution in [2.24, 2.45) is 5.92 Å². The molecule has 1 aromatic rings. The summed E-state index contributed by atoms with van der Waals surface area (Å²) in [4.78, 5) is 25.0. The van der Waals surface area contributed by atoms with E-state index in [1.54, 1.807) is 13.3 Å². The van der Waals surface area contributed by atoms with Gasteiger partial charge in [-0.2, -0.15) is 0 Å². The van der Waals surface area contributed by atoms with Crippen LogP contribution in [0.2, 0.25) is 0 Å². The average Bonchev–Trinajstić information content (AvgIpc) is 2.68. The molecule has 2 N–H and O–H groups in total. The molecule has 2 saturated heterocycles. The van der Waals surface area contributed by atoms with Crippen LogP contribution in [0.4, 0.5) is 16.4 Å². The zero-order valence-electron chi connectivity index (χ0n) is 15.4. The fraction of sp³-hybridized carbons (Fsp3) is 0.722. The predicted octanol–water partition coefficient (Wildman–Crippen LogP) is 1.40. The summed E-state index contributed by atoms with van der Waals surface area (Å²) in [6, 6.07) is 2.09. The first-order chi connectivity index (χ1) is 12.7. The highest BCUT2D eigenvalue weighted by atomic mass is 16.5. The van der Waals surface area contributed by atoms with Crippen molar-refractivity contribution in [3.63, 3.8) is 0 Å². The molecule has 2 atom stereocenters. The number of amides is 1. The molecule has 0 spiro atoms. The number of piperidine rings is 2. The van der Waals surface area contributed by atoms with Gasteiger partial charge in [0.25, 0.3) is 0 Å². The lowest BCUT2D eigenvalue weighted by Crippen LogP contribution is -2.48. The van der Waals surface area contributed by atoms with Crippen molar-refractivity contribution in [3.8, 4) is 0 Å². The summed E-state index contributed by atoms with van der Waals surface area (Å²) in [5.74, 6) is 2.11. The highest BCUT2D eigenvalue weighted by Gasteiger charge is 2.25. The quantitative estimate of drug-likeness (QED) is 0.817. The van der Waals surface area contributed by atoms with Crippen LogP contribution < -0.4 is 15.1 Å². The predicted molar refractivity (Wildman–Crippen MR) is 99.4 cm³/mol. The topological polar surface area (TPSA) is 90.8 Å². The molecular weight excluding hydrogens is 334 g/mol. The number of aliphatic hydroxyl groups is 1. The van der Waals surface area contributed by atoms with E-state index >= 15 is 0 Å². The van der Waals surface area contributed by atoms with Crippen molar-refractivity contribution in [1.29, 1.82) is 0 Å². The first-order valence-corrected chi connectivity index (χ1v) is 9.55. The maximum Gasteiger partial charge on any atom is 0.407 e. The van der Waals surface area contributed by atoms with Crippen LogP contribution in [-0.2, 0) is 4.74 Å². The van der Waals surface area contributed by atoms with E-state index in [-0.39, 0.29) is 18.7 Å². The molecule has 1 amide bonds. The zero-order valence-corrected chi connectivity index (χ0v) is 15.4. The van der Waals surface area contributed by atoms with Crippen molar-refractivity contribution >= 4 is 17.7 Å². The minimum absolute atomic E-state index is 0.0648. The van der Waals surface area contributed by atoms with Gasteiger partial charge < -0.3 is 25.0 Å². The van der Waals surface area contributed by atoms with E-state index in [0.29, 0.717) is 19.1 Å². The van der Waals surface area contributed by atoms with Crippen LogP contribution in [0.3, 0.4) is 0 Å². The van der Waals surface area contributed by atoms with Gasteiger partial charge in [-0.3, -0.25) is 0 Å². The maximum atomic E-state index is 11.7. The number of hydrogen-bond donors (Lipinski definition) is 2. The molecule has 0 saturated carbocycles. The second kappa shape index (κ2) is 9.02. The molecular formula is C18H29N5O3. The van der Waals surface area contributed by atoms with Gasteiger partial charge in [0.05, 0.1) is 6.61 Å². The van der Waals surface area contributed by atoms with Gasteiger partial charge >= 0.3 is 6.09 Å². The van der Waals surface area contributed by atoms with Crippen LogP contribution in [0.15, 0.2) is 12.4 Å². The summed E-state index contributed by atoms with van der Waals surface area (Å²) in [7, 11) is 0. The van der Waals surface area contributed by atoms with Crippen molar-refractivity contribution in [1.82, 2.24) is 15.3 Å². The number of rotatable bonds is 5. The van der Waals surface area contributed by atoms with Crippen LogP contribution in [0, 0.1) is 5.92 Å². The van der Waals surface area contributed by atoms with E-state index in [4.69, 9.17) is 4.74 Å². The fourth-order valence-corrected chi connectivity index (χ4v) is 3.75. The number of ether oxygens (including phenoxy) is 1. The number of carbonyl (C=O) groups excluding carboxylic acids is 1. The third-order valence-electron chi connectivity index (χ3n) is 5.08. The fourth-order valence-electron chi connectivity index (χ4n) is 3.75. The van der Waals surface area contributed by atoms with Crippen molar-refractivity contribution in [2.45, 2.75) is 38.6 Å². The van der Waals surface area contributed by atoms with Gasteiger partial charge in [-0.05, 0) is 38.5 Å². The van der Waals surface area contributed by atoms with Crippen LogP contribution >= 0.6 is 0 Å². The molecule has 144 valence electrons. The van der Waals surface area contributed by atoms with Crippen LogP contribution in [-0.4, -0.2) is 66.6 Å². The van der Waals surface area contributed by atoms with E-state index in [1.807, 2.05) is 6.07 Å². The third-order valence-corrected chi connectivity index (χ3v) is 5.08. The molecule has 8 heteroatoms. The Morgan fingerprint density at radius 2 is 1.92 bits per heavy atom. The molecule has 8 nitrogen and oxygen atoms in total. The first-order valence-electron chi connectivity index (χ1n) is 9.55. The number of carbonyl (C=O) groups is 1. The van der Waals surface area contributed by atoms with Crippen molar-refractivity contribution in [3.05, 3.63) is 12.4 Å². The van der Waals surface area contributed by atoms with Gasteiger partial charge in [0.1, 0.15) is 18.0 Å². The third kappa shape index (κ3) is 4.75. The van der Waals surface area contributed by atoms with E-state index in [2.05, 4.69) is 25.1 Å². The van der Waals surface area contributed by atoms with Crippen molar-refractivity contribution in [2.75, 3.05) is 49.2 Å². The Morgan fingerprint density at radius 3 is 2.62 bits per heavy atom.